The van der Waals surface area contributed by atoms with Gasteiger partial charge < -0.3 is 14.4 Å². The average Bonchev–Trinajstić information content (AvgIpc) is 3.51. The number of alkyl halides is 2. The number of anilines is 1. The highest BCUT2D eigenvalue weighted by molar-refractivity contribution is 7.16. The van der Waals surface area contributed by atoms with Crippen molar-refractivity contribution in [2.75, 3.05) is 19.5 Å². The zero-order chi connectivity index (χ0) is 28.6. The van der Waals surface area contributed by atoms with Crippen molar-refractivity contribution in [1.82, 2.24) is 29.8 Å². The molecule has 0 saturated heterocycles. The molecule has 40 heavy (non-hydrogen) atoms. The number of pyridine rings is 2. The second-order valence-corrected chi connectivity index (χ2v) is 10.0. The summed E-state index contributed by atoms with van der Waals surface area (Å²) in [6.07, 6.45) is 1.04. The van der Waals surface area contributed by atoms with Crippen LogP contribution in [0.2, 0.25) is 5.15 Å². The predicted octanol–water partition coefficient (Wildman–Crippen LogP) is 4.72. The molecule has 0 aromatic carbocycles. The summed E-state index contributed by atoms with van der Waals surface area (Å²) in [6, 6.07) is 3.35. The minimum Gasteiger partial charge on any atom is -0.494 e. The second-order valence-electron chi connectivity index (χ2n) is 8.53. The van der Waals surface area contributed by atoms with E-state index in [0.717, 1.165) is 11.1 Å². The Balaban J connectivity index is 1.34. The van der Waals surface area contributed by atoms with E-state index in [1.54, 1.807) is 19.1 Å². The molecule has 5 rings (SSSR count). The highest BCUT2D eigenvalue weighted by atomic mass is 35.5. The minimum atomic E-state index is -2.93. The lowest BCUT2D eigenvalue weighted by molar-refractivity contribution is 0.0735. The fourth-order valence-electron chi connectivity index (χ4n) is 4.10. The number of hydrogen-bond donors (Lipinski definition) is 1. The summed E-state index contributed by atoms with van der Waals surface area (Å²) in [4.78, 5) is 48.6. The van der Waals surface area contributed by atoms with E-state index in [9.17, 15) is 18.4 Å². The molecule has 11 nitrogen and oxygen atoms in total. The van der Waals surface area contributed by atoms with Crippen molar-refractivity contribution in [3.05, 3.63) is 69.2 Å². The van der Waals surface area contributed by atoms with Crippen molar-refractivity contribution in [2.45, 2.75) is 26.4 Å². The number of carbonyl (C=O) groups is 2. The van der Waals surface area contributed by atoms with Crippen LogP contribution in [0.5, 0.6) is 11.5 Å². The quantitative estimate of drug-likeness (QED) is 0.305. The van der Waals surface area contributed by atoms with Crippen LogP contribution >= 0.6 is 22.9 Å². The molecule has 4 aromatic heterocycles. The fraction of sp³-hybridized carbons (Fsp3) is 0.240. The first kappa shape index (κ1) is 27.3. The van der Waals surface area contributed by atoms with Gasteiger partial charge in [-0.05, 0) is 19.1 Å². The minimum absolute atomic E-state index is 0.101. The van der Waals surface area contributed by atoms with Crippen LogP contribution in [0, 0.1) is 6.92 Å². The van der Waals surface area contributed by atoms with Crippen LogP contribution in [-0.4, -0.2) is 55.9 Å². The summed E-state index contributed by atoms with van der Waals surface area (Å²) in [7, 11) is 2.71. The molecule has 0 unspecified atom stereocenters. The Labute approximate surface area is 235 Å². The van der Waals surface area contributed by atoms with Gasteiger partial charge in [0.1, 0.15) is 10.9 Å². The predicted molar refractivity (Wildman–Crippen MR) is 141 cm³/mol. The molecular weight excluding hydrogens is 568 g/mol. The summed E-state index contributed by atoms with van der Waals surface area (Å²) in [6.45, 7) is 2.05. The number of methoxy groups -OCH3 is 2. The molecule has 0 aliphatic carbocycles. The summed E-state index contributed by atoms with van der Waals surface area (Å²) in [5.41, 5.74) is 1.99. The van der Waals surface area contributed by atoms with E-state index < -0.39 is 23.9 Å². The maximum absolute atomic E-state index is 13.3. The monoisotopic (exact) mass is 587 g/mol. The molecule has 0 fully saturated rings. The Morgan fingerprint density at radius 3 is 2.48 bits per heavy atom. The number of thiazole rings is 1. The number of ether oxygens (including phenoxy) is 2. The molecule has 1 aliphatic heterocycles. The standard InChI is InChI=1S/C25H20ClF2N7O4S/c1-11-4-12(13-5-19(26)30-7-16(13)38-2)14(6-29-11)23(36)34-25-32-15-9-35(10-18(15)40-25)24(37)22-31-8-17(39-3)20(33-22)21(27)28/h4-8,21H,9-10H2,1-3H3,(H,32,34,36). The zero-order valence-corrected chi connectivity index (χ0v) is 22.8. The summed E-state index contributed by atoms with van der Waals surface area (Å²) >= 11 is 7.31. The van der Waals surface area contributed by atoms with Gasteiger partial charge in [0.05, 0.1) is 55.8 Å². The van der Waals surface area contributed by atoms with Crippen LogP contribution < -0.4 is 14.8 Å². The fourth-order valence-corrected chi connectivity index (χ4v) is 5.24. The smallest absolute Gasteiger partial charge is 0.292 e. The molecule has 4 aromatic rings. The highest BCUT2D eigenvalue weighted by Crippen LogP contribution is 2.36. The van der Waals surface area contributed by atoms with E-state index >= 15 is 0 Å². The van der Waals surface area contributed by atoms with Crippen LogP contribution in [0.1, 0.15) is 49.4 Å². The van der Waals surface area contributed by atoms with Gasteiger partial charge in [-0.2, -0.15) is 0 Å². The van der Waals surface area contributed by atoms with E-state index in [-0.39, 0.29) is 35.4 Å². The van der Waals surface area contributed by atoms with E-state index in [4.69, 9.17) is 21.1 Å². The van der Waals surface area contributed by atoms with Crippen molar-refractivity contribution >= 4 is 39.9 Å². The number of halogens is 3. The lowest BCUT2D eigenvalue weighted by Gasteiger charge is -2.15. The molecule has 5 heterocycles. The van der Waals surface area contributed by atoms with Gasteiger partial charge in [-0.3, -0.25) is 19.9 Å². The first-order valence-corrected chi connectivity index (χ1v) is 12.8. The molecule has 1 N–H and O–H groups in total. The van der Waals surface area contributed by atoms with Crippen LogP contribution in [-0.2, 0) is 13.1 Å². The average molecular weight is 588 g/mol. The number of fused-ring (bicyclic) bond motifs is 1. The van der Waals surface area contributed by atoms with Crippen LogP contribution in [0.15, 0.2) is 30.7 Å². The highest BCUT2D eigenvalue weighted by Gasteiger charge is 2.31. The number of nitrogens with one attached hydrogen (secondary N) is 1. The number of aromatic nitrogens is 5. The molecule has 206 valence electrons. The van der Waals surface area contributed by atoms with Crippen LogP contribution in [0.3, 0.4) is 0 Å². The Morgan fingerprint density at radius 2 is 1.77 bits per heavy atom. The lowest BCUT2D eigenvalue weighted by Crippen LogP contribution is -2.28. The van der Waals surface area contributed by atoms with Gasteiger partial charge in [-0.15, -0.1) is 0 Å². The number of aryl methyl sites for hydroxylation is 1. The maximum atomic E-state index is 13.3. The Bertz CT molecular complexity index is 1610. The van der Waals surface area contributed by atoms with E-state index in [1.165, 1.54) is 42.8 Å². The van der Waals surface area contributed by atoms with Gasteiger partial charge in [-0.1, -0.05) is 22.9 Å². The molecule has 1 aliphatic rings. The van der Waals surface area contributed by atoms with Gasteiger partial charge in [0.15, 0.2) is 16.6 Å². The lowest BCUT2D eigenvalue weighted by atomic mass is 10.0. The molecule has 15 heteroatoms. The summed E-state index contributed by atoms with van der Waals surface area (Å²) < 4.78 is 36.9. The number of carbonyl (C=O) groups excluding carboxylic acids is 2. The second kappa shape index (κ2) is 11.1. The molecule has 2 amide bonds. The van der Waals surface area contributed by atoms with Gasteiger partial charge in [-0.25, -0.2) is 28.7 Å². The largest absolute Gasteiger partial charge is 0.494 e. The maximum Gasteiger partial charge on any atom is 0.292 e. The normalized spacial score (nSPS) is 12.4. The topological polar surface area (TPSA) is 132 Å². The third kappa shape index (κ3) is 5.27. The van der Waals surface area contributed by atoms with Crippen LogP contribution in [0.25, 0.3) is 11.1 Å². The summed E-state index contributed by atoms with van der Waals surface area (Å²) in [5, 5.41) is 3.35. The van der Waals surface area contributed by atoms with Crippen molar-refractivity contribution in [3.63, 3.8) is 0 Å². The Kier molecular flexibility index (Phi) is 7.54. The molecule has 0 bridgehead atoms. The van der Waals surface area contributed by atoms with Crippen LogP contribution in [0.4, 0.5) is 13.9 Å². The summed E-state index contributed by atoms with van der Waals surface area (Å²) in [5.74, 6) is -1.22. The third-order valence-corrected chi connectivity index (χ3v) is 7.20. The third-order valence-electron chi connectivity index (χ3n) is 5.99. The van der Waals surface area contributed by atoms with Crippen molar-refractivity contribution in [2.24, 2.45) is 0 Å². The van der Waals surface area contributed by atoms with Gasteiger partial charge in [0.2, 0.25) is 5.82 Å². The van der Waals surface area contributed by atoms with Gasteiger partial charge in [0.25, 0.3) is 18.2 Å². The first-order chi connectivity index (χ1) is 19.2. The molecule has 0 spiro atoms. The number of amides is 2. The van der Waals surface area contributed by atoms with Gasteiger partial charge >= 0.3 is 0 Å². The number of hydrogen-bond acceptors (Lipinski definition) is 10. The number of rotatable bonds is 7. The van der Waals surface area contributed by atoms with E-state index in [0.29, 0.717) is 33.4 Å². The molecule has 0 radical (unpaired) electrons. The van der Waals surface area contributed by atoms with Crippen molar-refractivity contribution < 1.29 is 27.8 Å². The molecule has 0 atom stereocenters. The molecule has 0 saturated carbocycles. The zero-order valence-electron chi connectivity index (χ0n) is 21.2. The van der Waals surface area contributed by atoms with E-state index in [1.807, 2.05) is 0 Å². The SMILES string of the molecule is COc1cnc(Cl)cc1-c1cc(C)ncc1C(=O)Nc1nc2c(s1)CN(C(=O)c1ncc(OC)c(C(F)F)n1)C2. The Morgan fingerprint density at radius 1 is 1.02 bits per heavy atom. The van der Waals surface area contributed by atoms with Gasteiger partial charge in [0, 0.05) is 23.0 Å². The molecular formula is C25H20ClF2N7O4S. The Hall–Kier alpha value is -4.30. The first-order valence-electron chi connectivity index (χ1n) is 11.6. The van der Waals surface area contributed by atoms with E-state index in [2.05, 4.69) is 30.2 Å². The van der Waals surface area contributed by atoms with Crippen molar-refractivity contribution in [1.29, 1.82) is 0 Å². The number of nitrogens with zero attached hydrogens (tertiary/aromatic N) is 6. The van der Waals surface area contributed by atoms with Crippen molar-refractivity contribution in [3.8, 4) is 22.6 Å².